The zero-order valence-corrected chi connectivity index (χ0v) is 12.7. The molecule has 24 heavy (non-hydrogen) atoms. The molecule has 0 aliphatic rings. The van der Waals surface area contributed by atoms with Crippen LogP contribution >= 0.6 is 0 Å². The number of oxazole rings is 1. The van der Waals surface area contributed by atoms with Gasteiger partial charge in [-0.2, -0.15) is 0 Å². The summed E-state index contributed by atoms with van der Waals surface area (Å²) in [6, 6.07) is 9.44. The number of benzene rings is 2. The number of aromatic hydroxyl groups is 1. The van der Waals surface area contributed by atoms with Gasteiger partial charge in [-0.25, -0.2) is 4.98 Å². The van der Waals surface area contributed by atoms with Crippen molar-refractivity contribution in [1.29, 1.82) is 0 Å². The van der Waals surface area contributed by atoms with Crippen molar-refractivity contribution in [2.45, 2.75) is 6.92 Å². The Balaban J connectivity index is 0.000000143. The average Bonchev–Trinajstić information content (AvgIpc) is 2.91. The molecule has 4 rings (SSSR count). The summed E-state index contributed by atoms with van der Waals surface area (Å²) >= 11 is 0. The molecule has 0 atom stereocenters. The normalized spacial score (nSPS) is 10.5. The first-order chi connectivity index (χ1) is 11.4. The Labute approximate surface area is 134 Å². The van der Waals surface area contributed by atoms with E-state index in [1.807, 2.05) is 0 Å². The van der Waals surface area contributed by atoms with Crippen molar-refractivity contribution >= 4 is 27.6 Å². The Kier molecular flexibility index (Phi) is 3.78. The molecule has 0 saturated heterocycles. The van der Waals surface area contributed by atoms with Crippen molar-refractivity contribution in [3.05, 3.63) is 63.0 Å². The van der Waals surface area contributed by atoms with Gasteiger partial charge in [0.15, 0.2) is 11.5 Å². The third-order valence-electron chi connectivity index (χ3n) is 3.30. The van der Waals surface area contributed by atoms with Crippen molar-refractivity contribution < 1.29 is 9.52 Å². The van der Waals surface area contributed by atoms with Crippen LogP contribution in [0.15, 0.2) is 50.4 Å². The zero-order valence-electron chi connectivity index (χ0n) is 12.7. The molecule has 0 amide bonds. The second-order valence-electron chi connectivity index (χ2n) is 5.10. The van der Waals surface area contributed by atoms with Crippen molar-refractivity contribution in [2.24, 2.45) is 0 Å². The van der Waals surface area contributed by atoms with Gasteiger partial charge in [0, 0.05) is 18.7 Å². The van der Waals surface area contributed by atoms with E-state index in [4.69, 9.17) is 15.3 Å². The number of rotatable bonds is 0. The summed E-state index contributed by atoms with van der Waals surface area (Å²) in [5.41, 5.74) is 6.67. The number of phenols is 1. The summed E-state index contributed by atoms with van der Waals surface area (Å²) in [5, 5.41) is 14.2. The van der Waals surface area contributed by atoms with E-state index in [1.165, 1.54) is 12.1 Å². The number of aromatic amines is 2. The van der Waals surface area contributed by atoms with Crippen LogP contribution in [0.4, 0.5) is 5.69 Å². The van der Waals surface area contributed by atoms with Crippen LogP contribution in [0.2, 0.25) is 0 Å². The molecule has 2 aromatic heterocycles. The Hall–Kier alpha value is -3.55. The van der Waals surface area contributed by atoms with Gasteiger partial charge in [-0.15, -0.1) is 0 Å². The number of nitrogens with two attached hydrogens (primary N) is 1. The van der Waals surface area contributed by atoms with E-state index in [0.29, 0.717) is 27.9 Å². The average molecular weight is 326 g/mol. The first-order valence-corrected chi connectivity index (χ1v) is 7.00. The molecule has 4 aromatic rings. The Bertz CT molecular complexity index is 1140. The van der Waals surface area contributed by atoms with Crippen LogP contribution in [0.25, 0.3) is 21.9 Å². The van der Waals surface area contributed by atoms with Gasteiger partial charge in [0.1, 0.15) is 11.3 Å². The highest BCUT2D eigenvalue weighted by molar-refractivity contribution is 5.83. The fraction of sp³-hybridized carbons (Fsp3) is 0.0625. The molecule has 5 N–H and O–H groups in total. The van der Waals surface area contributed by atoms with Crippen LogP contribution in [-0.4, -0.2) is 20.3 Å². The molecular formula is C16H14N4O4. The third-order valence-corrected chi connectivity index (χ3v) is 3.30. The molecule has 0 radical (unpaired) electrons. The Morgan fingerprint density at radius 3 is 2.50 bits per heavy atom. The van der Waals surface area contributed by atoms with E-state index in [1.54, 1.807) is 31.2 Å². The molecule has 8 nitrogen and oxygen atoms in total. The standard InChI is InChI=1S/C8H7N3O2.C8H7NO2/c9-4-1-2-5-6(3-4)8(13)11-10-7(5)12;1-5-9-7-3-2-6(10)4-8(7)11-5/h1-3H,9H2,(H,10,12)(H,11,13);2-4,10H,1H3. The van der Waals surface area contributed by atoms with Gasteiger partial charge in [-0.1, -0.05) is 0 Å². The third kappa shape index (κ3) is 2.98. The summed E-state index contributed by atoms with van der Waals surface area (Å²) in [4.78, 5) is 26.5. The summed E-state index contributed by atoms with van der Waals surface area (Å²) in [7, 11) is 0. The number of hydrogen-bond donors (Lipinski definition) is 4. The van der Waals surface area contributed by atoms with Crippen molar-refractivity contribution in [3.63, 3.8) is 0 Å². The fourth-order valence-electron chi connectivity index (χ4n) is 2.22. The van der Waals surface area contributed by atoms with Gasteiger partial charge in [-0.05, 0) is 30.3 Å². The largest absolute Gasteiger partial charge is 0.508 e. The van der Waals surface area contributed by atoms with Gasteiger partial charge < -0.3 is 15.3 Å². The van der Waals surface area contributed by atoms with Crippen LogP contribution in [0.5, 0.6) is 5.75 Å². The minimum atomic E-state index is -0.345. The maximum absolute atomic E-state index is 11.2. The summed E-state index contributed by atoms with van der Waals surface area (Å²) < 4.78 is 5.18. The van der Waals surface area contributed by atoms with Crippen molar-refractivity contribution in [2.75, 3.05) is 5.73 Å². The van der Waals surface area contributed by atoms with E-state index < -0.39 is 0 Å². The van der Waals surface area contributed by atoms with Gasteiger partial charge in [-0.3, -0.25) is 19.8 Å². The predicted octanol–water partition coefficient (Wildman–Crippen LogP) is 1.64. The monoisotopic (exact) mass is 326 g/mol. The van der Waals surface area contributed by atoms with Crippen molar-refractivity contribution in [1.82, 2.24) is 15.2 Å². The molecule has 8 heteroatoms. The lowest BCUT2D eigenvalue weighted by Crippen LogP contribution is -2.18. The second-order valence-corrected chi connectivity index (χ2v) is 5.10. The molecular weight excluding hydrogens is 312 g/mol. The number of aryl methyl sites for hydroxylation is 1. The molecule has 122 valence electrons. The zero-order chi connectivity index (χ0) is 17.3. The van der Waals surface area contributed by atoms with E-state index >= 15 is 0 Å². The maximum atomic E-state index is 11.2. The fourth-order valence-corrected chi connectivity index (χ4v) is 2.22. The lowest BCUT2D eigenvalue weighted by atomic mass is 10.2. The molecule has 0 bridgehead atoms. The number of H-pyrrole nitrogens is 2. The number of nitrogen functional groups attached to an aromatic ring is 1. The summed E-state index contributed by atoms with van der Waals surface area (Å²) in [6.45, 7) is 1.77. The number of nitrogens with one attached hydrogen (secondary N) is 2. The molecule has 2 heterocycles. The summed E-state index contributed by atoms with van der Waals surface area (Å²) in [5.74, 6) is 0.819. The number of phenolic OH excluding ortho intramolecular Hbond substituents is 1. The van der Waals surface area contributed by atoms with Gasteiger partial charge in [0.25, 0.3) is 11.1 Å². The molecule has 0 spiro atoms. The van der Waals surface area contributed by atoms with E-state index in [-0.39, 0.29) is 16.9 Å². The highest BCUT2D eigenvalue weighted by Gasteiger charge is 2.02. The predicted molar refractivity (Wildman–Crippen MR) is 90.0 cm³/mol. The van der Waals surface area contributed by atoms with Crippen LogP contribution in [-0.2, 0) is 0 Å². The highest BCUT2D eigenvalue weighted by atomic mass is 16.3. The molecule has 0 unspecified atom stereocenters. The summed E-state index contributed by atoms with van der Waals surface area (Å²) in [6.07, 6.45) is 0. The van der Waals surface area contributed by atoms with E-state index in [2.05, 4.69) is 15.2 Å². The van der Waals surface area contributed by atoms with Gasteiger partial charge >= 0.3 is 0 Å². The van der Waals surface area contributed by atoms with Crippen molar-refractivity contribution in [3.8, 4) is 5.75 Å². The minimum Gasteiger partial charge on any atom is -0.508 e. The lowest BCUT2D eigenvalue weighted by molar-refractivity contribution is 0.474. The van der Waals surface area contributed by atoms with Crippen LogP contribution in [0.1, 0.15) is 5.89 Å². The Morgan fingerprint density at radius 1 is 1.04 bits per heavy atom. The Morgan fingerprint density at radius 2 is 1.75 bits per heavy atom. The van der Waals surface area contributed by atoms with Crippen LogP contribution in [0, 0.1) is 6.92 Å². The van der Waals surface area contributed by atoms with Crippen LogP contribution in [0.3, 0.4) is 0 Å². The molecule has 2 aromatic carbocycles. The lowest BCUT2D eigenvalue weighted by Gasteiger charge is -1.96. The second kappa shape index (κ2) is 5.92. The maximum Gasteiger partial charge on any atom is 0.270 e. The first kappa shape index (κ1) is 15.3. The van der Waals surface area contributed by atoms with Gasteiger partial charge in [0.05, 0.1) is 10.8 Å². The topological polar surface area (TPSA) is 138 Å². The number of nitrogens with zero attached hydrogens (tertiary/aromatic N) is 1. The number of aromatic nitrogens is 3. The molecule has 0 aliphatic heterocycles. The van der Waals surface area contributed by atoms with E-state index in [9.17, 15) is 9.59 Å². The SMILES string of the molecule is Cc1nc2ccc(O)cc2o1.Nc1ccc2c(=O)[nH][nH]c(=O)c2c1. The number of fused-ring (bicyclic) bond motifs is 2. The number of anilines is 1. The first-order valence-electron chi connectivity index (χ1n) is 7.00. The molecule has 0 aliphatic carbocycles. The smallest absolute Gasteiger partial charge is 0.270 e. The quantitative estimate of drug-likeness (QED) is 0.362. The van der Waals surface area contributed by atoms with E-state index in [0.717, 1.165) is 5.52 Å². The number of hydrogen-bond acceptors (Lipinski definition) is 6. The molecule has 0 saturated carbocycles. The van der Waals surface area contributed by atoms with Gasteiger partial charge in [0.2, 0.25) is 0 Å². The van der Waals surface area contributed by atoms with Crippen LogP contribution < -0.4 is 16.9 Å². The minimum absolute atomic E-state index is 0.202. The highest BCUT2D eigenvalue weighted by Crippen LogP contribution is 2.19. The molecule has 0 fully saturated rings.